The molecule has 1 amide bonds. The van der Waals surface area contributed by atoms with Crippen molar-refractivity contribution >= 4 is 33.6 Å². The minimum atomic E-state index is -0.603. The molecule has 0 spiro atoms. The maximum Gasteiger partial charge on any atom is 0.223 e. The molecular weight excluding hydrogens is 404 g/mol. The molecule has 2 aliphatic heterocycles. The van der Waals surface area contributed by atoms with Crippen LogP contribution in [0.3, 0.4) is 0 Å². The fourth-order valence-corrected chi connectivity index (χ4v) is 4.65. The van der Waals surface area contributed by atoms with E-state index in [1.54, 1.807) is 7.11 Å². The zero-order chi connectivity index (χ0) is 19.2. The first-order valence-electron chi connectivity index (χ1n) is 9.09. The largest absolute Gasteiger partial charge is 0.497 e. The van der Waals surface area contributed by atoms with Gasteiger partial charge in [0.1, 0.15) is 11.4 Å². The number of benzene rings is 2. The lowest BCUT2D eigenvalue weighted by Gasteiger charge is -2.49. The molecule has 2 heterocycles. The quantitative estimate of drug-likeness (QED) is 0.785. The number of hydrogen-bond acceptors (Lipinski definition) is 3. The molecule has 2 aromatic carbocycles. The van der Waals surface area contributed by atoms with Crippen molar-refractivity contribution < 1.29 is 9.53 Å². The van der Waals surface area contributed by atoms with Gasteiger partial charge in [0.15, 0.2) is 0 Å². The predicted octanol–water partition coefficient (Wildman–Crippen LogP) is 4.48. The first kappa shape index (κ1) is 18.1. The highest BCUT2D eigenvalue weighted by atomic mass is 79.9. The van der Waals surface area contributed by atoms with Gasteiger partial charge in [-0.05, 0) is 47.5 Å². The number of carbonyl (C=O) groups excluding carboxylic acids is 1. The van der Waals surface area contributed by atoms with Crippen molar-refractivity contribution in [3.8, 4) is 5.75 Å². The number of methoxy groups -OCH3 is 1. The van der Waals surface area contributed by atoms with Gasteiger partial charge in [-0.3, -0.25) is 4.79 Å². The molecule has 1 fully saturated rings. The first-order valence-corrected chi connectivity index (χ1v) is 9.89. The van der Waals surface area contributed by atoms with Crippen LogP contribution in [-0.4, -0.2) is 25.2 Å². The lowest BCUT2D eigenvalue weighted by atomic mass is 9.74. The van der Waals surface area contributed by atoms with Crippen molar-refractivity contribution in [1.82, 2.24) is 5.32 Å². The van der Waals surface area contributed by atoms with E-state index in [0.717, 1.165) is 15.8 Å². The summed E-state index contributed by atoms with van der Waals surface area (Å²) in [7, 11) is 1.67. The van der Waals surface area contributed by atoms with Gasteiger partial charge in [0.05, 0.1) is 7.11 Å². The number of ether oxygens (including phenoxy) is 1. The van der Waals surface area contributed by atoms with E-state index in [4.69, 9.17) is 4.74 Å². The second-order valence-corrected chi connectivity index (χ2v) is 8.53. The second kappa shape index (κ2) is 6.41. The Morgan fingerprint density at radius 2 is 2.04 bits per heavy atom. The molecule has 1 saturated heterocycles. The number of rotatable bonds is 3. The van der Waals surface area contributed by atoms with Crippen LogP contribution in [0.4, 0.5) is 5.69 Å². The van der Waals surface area contributed by atoms with Gasteiger partial charge < -0.3 is 15.0 Å². The van der Waals surface area contributed by atoms with E-state index in [2.05, 4.69) is 70.3 Å². The van der Waals surface area contributed by atoms with E-state index >= 15 is 0 Å². The Labute approximate surface area is 168 Å². The molecule has 4 rings (SSSR count). The zero-order valence-electron chi connectivity index (χ0n) is 15.8. The van der Waals surface area contributed by atoms with Gasteiger partial charge in [-0.1, -0.05) is 48.0 Å². The second-order valence-electron chi connectivity index (χ2n) is 7.61. The fraction of sp³-hybridized carbons (Fsp3) is 0.318. The molecule has 2 aliphatic rings. The van der Waals surface area contributed by atoms with Crippen molar-refractivity contribution in [3.05, 3.63) is 64.1 Å². The van der Waals surface area contributed by atoms with Gasteiger partial charge >= 0.3 is 0 Å². The summed E-state index contributed by atoms with van der Waals surface area (Å²) in [5, 5.41) is 3.30. The Kier molecular flexibility index (Phi) is 4.30. The number of fused-ring (bicyclic) bond motifs is 3. The highest BCUT2D eigenvalue weighted by molar-refractivity contribution is 9.10. The number of amides is 1. The minimum Gasteiger partial charge on any atom is -0.497 e. The summed E-state index contributed by atoms with van der Waals surface area (Å²) in [6.07, 6.45) is 4.71. The Balaban J connectivity index is 1.83. The van der Waals surface area contributed by atoms with E-state index < -0.39 is 5.66 Å². The minimum absolute atomic E-state index is 0.0847. The van der Waals surface area contributed by atoms with Crippen LogP contribution in [-0.2, 0) is 10.2 Å². The van der Waals surface area contributed by atoms with Gasteiger partial charge in [0.2, 0.25) is 5.91 Å². The van der Waals surface area contributed by atoms with Crippen LogP contribution >= 0.6 is 15.9 Å². The molecule has 0 unspecified atom stereocenters. The molecule has 0 bridgehead atoms. The zero-order valence-corrected chi connectivity index (χ0v) is 17.3. The SMILES string of the molecule is COc1cccc(/C=C/[C@@]23NC(=O)CCN2c2ccc(Br)cc2C3(C)C)c1. The molecule has 0 aromatic heterocycles. The molecule has 1 atom stereocenters. The summed E-state index contributed by atoms with van der Waals surface area (Å²) in [4.78, 5) is 14.8. The maximum atomic E-state index is 12.4. The Morgan fingerprint density at radius 3 is 2.81 bits per heavy atom. The molecule has 0 saturated carbocycles. The van der Waals surface area contributed by atoms with E-state index in [9.17, 15) is 4.79 Å². The summed E-state index contributed by atoms with van der Waals surface area (Å²) in [5.74, 6) is 0.901. The Hall–Kier alpha value is -2.27. The highest BCUT2D eigenvalue weighted by Gasteiger charge is 2.57. The number of nitrogens with zero attached hydrogens (tertiary/aromatic N) is 1. The number of hydrogen-bond donors (Lipinski definition) is 1. The molecule has 140 valence electrons. The molecule has 27 heavy (non-hydrogen) atoms. The maximum absolute atomic E-state index is 12.4. The van der Waals surface area contributed by atoms with Gasteiger partial charge in [0.25, 0.3) is 0 Å². The van der Waals surface area contributed by atoms with Gasteiger partial charge in [0, 0.05) is 28.5 Å². The van der Waals surface area contributed by atoms with E-state index in [0.29, 0.717) is 13.0 Å². The third-order valence-corrected chi connectivity index (χ3v) is 6.30. The topological polar surface area (TPSA) is 41.6 Å². The van der Waals surface area contributed by atoms with Crippen LogP contribution in [0.1, 0.15) is 31.4 Å². The normalized spacial score (nSPS) is 23.1. The van der Waals surface area contributed by atoms with Gasteiger partial charge in [-0.15, -0.1) is 0 Å². The third-order valence-electron chi connectivity index (χ3n) is 5.80. The number of nitrogens with one attached hydrogen (secondary N) is 1. The molecule has 0 radical (unpaired) electrons. The molecule has 4 nitrogen and oxygen atoms in total. The molecule has 0 aliphatic carbocycles. The molecular formula is C22H23BrN2O2. The van der Waals surface area contributed by atoms with Crippen LogP contribution in [0, 0.1) is 0 Å². The summed E-state index contributed by atoms with van der Waals surface area (Å²) < 4.78 is 6.38. The highest BCUT2D eigenvalue weighted by Crippen LogP contribution is 2.53. The van der Waals surface area contributed by atoms with Crippen LogP contribution in [0.5, 0.6) is 5.75 Å². The Bertz CT molecular complexity index is 938. The molecule has 2 aromatic rings. The summed E-state index contributed by atoms with van der Waals surface area (Å²) in [5.41, 5.74) is 2.55. The lowest BCUT2D eigenvalue weighted by Crippen LogP contribution is -2.68. The lowest BCUT2D eigenvalue weighted by molar-refractivity contribution is -0.124. The van der Waals surface area contributed by atoms with Gasteiger partial charge in [-0.25, -0.2) is 0 Å². The van der Waals surface area contributed by atoms with Crippen molar-refractivity contribution in [2.75, 3.05) is 18.6 Å². The molecule has 1 N–H and O–H groups in total. The smallest absolute Gasteiger partial charge is 0.223 e. The van der Waals surface area contributed by atoms with Crippen LogP contribution in [0.2, 0.25) is 0 Å². The third kappa shape index (κ3) is 2.76. The number of anilines is 1. The van der Waals surface area contributed by atoms with E-state index in [-0.39, 0.29) is 11.3 Å². The van der Waals surface area contributed by atoms with Crippen molar-refractivity contribution in [1.29, 1.82) is 0 Å². The summed E-state index contributed by atoms with van der Waals surface area (Å²) >= 11 is 3.60. The first-order chi connectivity index (χ1) is 12.9. The fourth-order valence-electron chi connectivity index (χ4n) is 4.29. The number of halogens is 1. The Morgan fingerprint density at radius 1 is 1.22 bits per heavy atom. The monoisotopic (exact) mass is 426 g/mol. The van der Waals surface area contributed by atoms with E-state index in [1.165, 1.54) is 11.3 Å². The van der Waals surface area contributed by atoms with Crippen molar-refractivity contribution in [2.24, 2.45) is 0 Å². The van der Waals surface area contributed by atoms with Gasteiger partial charge in [-0.2, -0.15) is 0 Å². The average Bonchev–Trinajstić information content (AvgIpc) is 2.84. The summed E-state index contributed by atoms with van der Waals surface area (Å²) in [6, 6.07) is 14.3. The summed E-state index contributed by atoms with van der Waals surface area (Å²) in [6.45, 7) is 5.09. The standard InChI is InChI=1S/C22H23BrN2O2/c1-21(2)18-14-16(23)7-8-19(18)25-12-10-20(26)24-22(21,25)11-9-15-5-4-6-17(13-15)27-3/h4-9,11,13-14H,10,12H2,1-3H3,(H,24,26)/b11-9+/t22-/m1/s1. The van der Waals surface area contributed by atoms with Crippen molar-refractivity contribution in [3.63, 3.8) is 0 Å². The average molecular weight is 427 g/mol. The van der Waals surface area contributed by atoms with Crippen LogP contribution in [0.25, 0.3) is 6.08 Å². The number of carbonyl (C=O) groups is 1. The predicted molar refractivity (Wildman–Crippen MR) is 112 cm³/mol. The van der Waals surface area contributed by atoms with Crippen LogP contribution in [0.15, 0.2) is 53.0 Å². The van der Waals surface area contributed by atoms with Crippen molar-refractivity contribution in [2.45, 2.75) is 31.3 Å². The van der Waals surface area contributed by atoms with Crippen LogP contribution < -0.4 is 15.0 Å². The van der Waals surface area contributed by atoms with E-state index in [1.807, 2.05) is 24.3 Å². The molecule has 5 heteroatoms.